The van der Waals surface area contributed by atoms with Gasteiger partial charge >= 0.3 is 10.3 Å². The van der Waals surface area contributed by atoms with Crippen LogP contribution >= 0.6 is 0 Å². The monoisotopic (exact) mass is 280 g/mol. The van der Waals surface area contributed by atoms with Crippen molar-refractivity contribution in [2.24, 2.45) is 0 Å². The molecule has 7 nitrogen and oxygen atoms in total. The Balaban J connectivity index is 2.27. The van der Waals surface area contributed by atoms with Gasteiger partial charge in [-0.25, -0.2) is 4.18 Å². The van der Waals surface area contributed by atoms with Crippen LogP contribution in [0, 0.1) is 0 Å². The summed E-state index contributed by atoms with van der Waals surface area (Å²) in [6.07, 6.45) is 0.00543. The molecule has 2 aliphatic heterocycles. The van der Waals surface area contributed by atoms with Crippen molar-refractivity contribution in [2.75, 3.05) is 20.8 Å². The van der Waals surface area contributed by atoms with Crippen LogP contribution in [0.4, 0.5) is 0 Å². The Hall–Kier alpha value is -0.250. The van der Waals surface area contributed by atoms with Gasteiger partial charge in [0.05, 0.1) is 12.2 Å². The predicted molar refractivity (Wildman–Crippen MR) is 63.7 cm³/mol. The Morgan fingerprint density at radius 1 is 1.22 bits per heavy atom. The molecule has 0 aliphatic carbocycles. The third-order valence-electron chi connectivity index (χ3n) is 3.42. The average Bonchev–Trinajstić information content (AvgIpc) is 2.27. The van der Waals surface area contributed by atoms with Crippen molar-refractivity contribution in [1.82, 2.24) is 9.37 Å². The summed E-state index contributed by atoms with van der Waals surface area (Å²) in [6, 6.07) is -0.0350. The highest BCUT2D eigenvalue weighted by Crippen LogP contribution is 2.29. The number of rotatable bonds is 0. The zero-order chi connectivity index (χ0) is 13.5. The molecule has 4 atom stereocenters. The molecule has 2 unspecified atom stereocenters. The van der Waals surface area contributed by atoms with Gasteiger partial charge in [-0.2, -0.15) is 8.42 Å². The number of nitrogens with zero attached hydrogens (tertiary/aromatic N) is 2. The SMILES string of the molecule is C[C@@H]1O[C@@H](C)CC2C1OS(=O)(=O)N(C)OCN2C. The molecule has 18 heavy (non-hydrogen) atoms. The summed E-state index contributed by atoms with van der Waals surface area (Å²) in [6.45, 7) is 4.01. The number of hydrogen-bond donors (Lipinski definition) is 0. The van der Waals surface area contributed by atoms with Crippen LogP contribution < -0.4 is 0 Å². The zero-order valence-electron chi connectivity index (χ0n) is 11.1. The Morgan fingerprint density at radius 3 is 2.56 bits per heavy atom. The van der Waals surface area contributed by atoms with Crippen LogP contribution in [0.1, 0.15) is 20.3 Å². The van der Waals surface area contributed by atoms with Gasteiger partial charge in [-0.05, 0) is 27.3 Å². The van der Waals surface area contributed by atoms with E-state index in [1.165, 1.54) is 7.05 Å². The van der Waals surface area contributed by atoms with E-state index in [0.29, 0.717) is 6.42 Å². The van der Waals surface area contributed by atoms with E-state index in [0.717, 1.165) is 4.47 Å². The summed E-state index contributed by atoms with van der Waals surface area (Å²) in [4.78, 5) is 7.09. The molecule has 0 radical (unpaired) electrons. The van der Waals surface area contributed by atoms with E-state index in [1.54, 1.807) is 0 Å². The smallest absolute Gasteiger partial charge is 0.360 e. The van der Waals surface area contributed by atoms with E-state index in [9.17, 15) is 8.42 Å². The largest absolute Gasteiger partial charge is 0.373 e. The van der Waals surface area contributed by atoms with Crippen LogP contribution in [0.5, 0.6) is 0 Å². The fourth-order valence-electron chi connectivity index (χ4n) is 2.39. The van der Waals surface area contributed by atoms with Crippen molar-refractivity contribution in [2.45, 2.75) is 44.6 Å². The molecule has 0 aromatic rings. The third kappa shape index (κ3) is 2.68. The van der Waals surface area contributed by atoms with Gasteiger partial charge in [0.15, 0.2) is 0 Å². The molecule has 8 heteroatoms. The predicted octanol–water partition coefficient (Wildman–Crippen LogP) is -0.0514. The number of hydroxylamine groups is 1. The second-order valence-electron chi connectivity index (χ2n) is 4.90. The van der Waals surface area contributed by atoms with Gasteiger partial charge in [-0.3, -0.25) is 9.74 Å². The lowest BCUT2D eigenvalue weighted by molar-refractivity contribution is -0.189. The Kier molecular flexibility index (Phi) is 3.96. The van der Waals surface area contributed by atoms with E-state index < -0.39 is 16.4 Å². The van der Waals surface area contributed by atoms with Gasteiger partial charge in [0, 0.05) is 13.1 Å². The Bertz CT molecular complexity index is 401. The van der Waals surface area contributed by atoms with E-state index in [-0.39, 0.29) is 25.0 Å². The highest BCUT2D eigenvalue weighted by Gasteiger charge is 2.43. The summed E-state index contributed by atoms with van der Waals surface area (Å²) in [7, 11) is -0.655. The molecular formula is C10H20N2O5S. The van der Waals surface area contributed by atoms with Gasteiger partial charge in [0.2, 0.25) is 0 Å². The van der Waals surface area contributed by atoms with E-state index in [1.807, 2.05) is 25.8 Å². The molecule has 0 N–H and O–H groups in total. The molecule has 2 rings (SSSR count). The summed E-state index contributed by atoms with van der Waals surface area (Å²) >= 11 is 0. The fraction of sp³-hybridized carbons (Fsp3) is 1.00. The summed E-state index contributed by atoms with van der Waals surface area (Å²) in [5.41, 5.74) is 0. The van der Waals surface area contributed by atoms with Gasteiger partial charge in [-0.15, -0.1) is 0 Å². The van der Waals surface area contributed by atoms with Crippen molar-refractivity contribution >= 4 is 10.3 Å². The van der Waals surface area contributed by atoms with Crippen molar-refractivity contribution in [1.29, 1.82) is 0 Å². The molecule has 0 aromatic carbocycles. The van der Waals surface area contributed by atoms with Gasteiger partial charge < -0.3 is 4.74 Å². The van der Waals surface area contributed by atoms with Crippen LogP contribution in [0.2, 0.25) is 0 Å². The second kappa shape index (κ2) is 5.03. The van der Waals surface area contributed by atoms with E-state index in [2.05, 4.69) is 0 Å². The molecule has 2 saturated heterocycles. The maximum absolute atomic E-state index is 11.8. The normalized spacial score (nSPS) is 42.9. The zero-order valence-corrected chi connectivity index (χ0v) is 11.9. The first-order valence-electron chi connectivity index (χ1n) is 5.97. The number of likely N-dealkylation sites (N-methyl/N-ethyl adjacent to an activating group) is 1. The van der Waals surface area contributed by atoms with Crippen molar-refractivity contribution < 1.29 is 22.2 Å². The Labute approximate surface area is 108 Å². The van der Waals surface area contributed by atoms with Gasteiger partial charge in [0.25, 0.3) is 0 Å². The molecule has 2 aliphatic rings. The minimum Gasteiger partial charge on any atom is -0.373 e. The van der Waals surface area contributed by atoms with Crippen molar-refractivity contribution in [3.8, 4) is 0 Å². The average molecular weight is 280 g/mol. The van der Waals surface area contributed by atoms with Gasteiger partial charge in [0.1, 0.15) is 12.8 Å². The van der Waals surface area contributed by atoms with E-state index in [4.69, 9.17) is 13.8 Å². The molecule has 0 spiro atoms. The summed E-state index contributed by atoms with van der Waals surface area (Å²) in [5, 5.41) is 0. The minimum absolute atomic E-state index is 0.0350. The molecule has 2 fully saturated rings. The highest BCUT2D eigenvalue weighted by atomic mass is 32.2. The maximum atomic E-state index is 11.8. The van der Waals surface area contributed by atoms with Crippen LogP contribution in [-0.4, -0.2) is 63.0 Å². The van der Waals surface area contributed by atoms with E-state index >= 15 is 0 Å². The summed E-state index contributed by atoms with van der Waals surface area (Å²) in [5.74, 6) is 0. The van der Waals surface area contributed by atoms with Crippen molar-refractivity contribution in [3.63, 3.8) is 0 Å². The third-order valence-corrected chi connectivity index (χ3v) is 4.62. The highest BCUT2D eigenvalue weighted by molar-refractivity contribution is 7.84. The molecule has 0 bridgehead atoms. The molecule has 0 saturated carbocycles. The number of fused-ring (bicyclic) bond motifs is 1. The first-order valence-corrected chi connectivity index (χ1v) is 7.33. The summed E-state index contributed by atoms with van der Waals surface area (Å²) < 4.78 is 35.3. The number of ether oxygens (including phenoxy) is 1. The molecule has 0 amide bonds. The number of hydrogen-bond acceptors (Lipinski definition) is 6. The lowest BCUT2D eigenvalue weighted by atomic mass is 9.96. The van der Waals surface area contributed by atoms with Crippen LogP contribution in [0.15, 0.2) is 0 Å². The van der Waals surface area contributed by atoms with Crippen LogP contribution in [0.3, 0.4) is 0 Å². The first kappa shape index (κ1) is 14.2. The quantitative estimate of drug-likeness (QED) is 0.619. The molecule has 0 aromatic heterocycles. The van der Waals surface area contributed by atoms with Crippen molar-refractivity contribution in [3.05, 3.63) is 0 Å². The molecule has 2 heterocycles. The topological polar surface area (TPSA) is 68.3 Å². The van der Waals surface area contributed by atoms with Crippen LogP contribution in [-0.2, 0) is 24.1 Å². The fourth-order valence-corrected chi connectivity index (χ4v) is 3.26. The standard InChI is InChI=1S/C10H20N2O5S/c1-7-5-9-10(8(2)16-7)17-18(13,14)12(4)15-6-11(9)3/h7-10H,5-6H2,1-4H3/t7-,8-,9?,10?/m0/s1. The van der Waals surface area contributed by atoms with Crippen LogP contribution in [0.25, 0.3) is 0 Å². The first-order chi connectivity index (χ1) is 8.31. The lowest BCUT2D eigenvalue weighted by Crippen LogP contribution is -2.58. The maximum Gasteiger partial charge on any atom is 0.360 e. The Morgan fingerprint density at radius 2 is 1.89 bits per heavy atom. The molecular weight excluding hydrogens is 260 g/mol. The second-order valence-corrected chi connectivity index (χ2v) is 6.46. The minimum atomic E-state index is -3.86. The lowest BCUT2D eigenvalue weighted by Gasteiger charge is -2.44. The van der Waals surface area contributed by atoms with Gasteiger partial charge in [-0.1, -0.05) is 4.47 Å². The molecule has 106 valence electrons.